The average molecular weight is 451 g/mol. The molecule has 0 saturated carbocycles. The Morgan fingerprint density at radius 3 is 2.69 bits per heavy atom. The van der Waals surface area contributed by atoms with E-state index in [-0.39, 0.29) is 12.5 Å². The molecule has 0 fully saturated rings. The number of carbonyl (C=O) groups is 1. The molecule has 0 unspecified atom stereocenters. The van der Waals surface area contributed by atoms with E-state index in [1.54, 1.807) is 36.0 Å². The third kappa shape index (κ3) is 4.71. The molecule has 0 radical (unpaired) electrons. The Morgan fingerprint density at radius 2 is 1.97 bits per heavy atom. The molecular formula is C20H19ClN2O4S2. The highest BCUT2D eigenvalue weighted by atomic mass is 35.5. The van der Waals surface area contributed by atoms with Gasteiger partial charge >= 0.3 is 0 Å². The van der Waals surface area contributed by atoms with Gasteiger partial charge in [-0.3, -0.25) is 4.79 Å². The lowest BCUT2D eigenvalue weighted by Crippen LogP contribution is -2.20. The maximum atomic E-state index is 12.4. The van der Waals surface area contributed by atoms with Crippen LogP contribution in [0.5, 0.6) is 17.2 Å². The molecule has 3 aromatic rings. The molecule has 9 heteroatoms. The standard InChI is InChI=1S/C20H19ClN2O4S2/c1-28-9-6-23-15-10-16-17(26-8-7-25-16)11-18(15)29-20(23)22-19(24)12-27-14-4-2-13(21)3-5-14/h2-5,10-11H,6-9,12H2,1H3. The van der Waals surface area contributed by atoms with E-state index in [4.69, 9.17) is 25.8 Å². The van der Waals surface area contributed by atoms with Gasteiger partial charge in [-0.15, -0.1) is 0 Å². The number of nitrogens with zero attached hydrogens (tertiary/aromatic N) is 2. The summed E-state index contributed by atoms with van der Waals surface area (Å²) < 4.78 is 20.0. The van der Waals surface area contributed by atoms with Crippen LogP contribution in [0.25, 0.3) is 10.2 Å². The molecule has 2 heterocycles. The summed E-state index contributed by atoms with van der Waals surface area (Å²) in [5.41, 5.74) is 0.985. The minimum atomic E-state index is -0.346. The van der Waals surface area contributed by atoms with Gasteiger partial charge in [-0.1, -0.05) is 22.9 Å². The summed E-state index contributed by atoms with van der Waals surface area (Å²) in [5.74, 6) is 2.59. The van der Waals surface area contributed by atoms with Crippen molar-refractivity contribution in [1.29, 1.82) is 0 Å². The Bertz CT molecular complexity index is 1090. The Morgan fingerprint density at radius 1 is 1.24 bits per heavy atom. The zero-order valence-corrected chi connectivity index (χ0v) is 18.1. The second-order valence-corrected chi connectivity index (χ2v) is 8.67. The van der Waals surface area contributed by atoms with E-state index < -0.39 is 0 Å². The first kappa shape index (κ1) is 20.1. The first-order chi connectivity index (χ1) is 14.1. The number of amides is 1. The Balaban J connectivity index is 1.63. The van der Waals surface area contributed by atoms with Crippen molar-refractivity contribution in [1.82, 2.24) is 4.57 Å². The fraction of sp³-hybridized carbons (Fsp3) is 0.300. The fourth-order valence-electron chi connectivity index (χ4n) is 2.91. The first-order valence-electron chi connectivity index (χ1n) is 9.02. The molecule has 0 atom stereocenters. The molecular weight excluding hydrogens is 432 g/mol. The molecule has 4 rings (SSSR count). The maximum Gasteiger partial charge on any atom is 0.286 e. The number of hydrogen-bond donors (Lipinski definition) is 0. The molecule has 0 N–H and O–H groups in total. The second-order valence-electron chi connectivity index (χ2n) is 6.24. The van der Waals surface area contributed by atoms with Crippen LogP contribution >= 0.6 is 34.7 Å². The summed E-state index contributed by atoms with van der Waals surface area (Å²) in [5, 5.41) is 0.615. The number of thioether (sulfide) groups is 1. The number of hydrogen-bond acceptors (Lipinski definition) is 6. The van der Waals surface area contributed by atoms with Crippen LogP contribution in [0.3, 0.4) is 0 Å². The zero-order chi connectivity index (χ0) is 20.2. The molecule has 152 valence electrons. The Labute approximate surface area is 181 Å². The minimum Gasteiger partial charge on any atom is -0.486 e. The van der Waals surface area contributed by atoms with Gasteiger partial charge < -0.3 is 18.8 Å². The molecule has 1 amide bonds. The van der Waals surface area contributed by atoms with E-state index in [9.17, 15) is 4.79 Å². The topological polar surface area (TPSA) is 62.1 Å². The molecule has 1 aliphatic rings. The van der Waals surface area contributed by atoms with Crippen molar-refractivity contribution >= 4 is 50.8 Å². The lowest BCUT2D eigenvalue weighted by molar-refractivity contribution is -0.120. The van der Waals surface area contributed by atoms with Gasteiger partial charge in [0.15, 0.2) is 22.9 Å². The first-order valence-corrected chi connectivity index (χ1v) is 11.6. The number of halogens is 1. The normalized spacial score (nSPS) is 13.7. The number of aryl methyl sites for hydroxylation is 1. The zero-order valence-electron chi connectivity index (χ0n) is 15.7. The summed E-state index contributed by atoms with van der Waals surface area (Å²) in [6.45, 7) is 1.67. The van der Waals surface area contributed by atoms with Gasteiger partial charge in [0.1, 0.15) is 19.0 Å². The smallest absolute Gasteiger partial charge is 0.286 e. The minimum absolute atomic E-state index is 0.138. The van der Waals surface area contributed by atoms with Gasteiger partial charge in [-0.2, -0.15) is 16.8 Å². The van der Waals surface area contributed by atoms with Gasteiger partial charge in [0.05, 0.1) is 10.2 Å². The molecule has 29 heavy (non-hydrogen) atoms. The number of aromatic nitrogens is 1. The Hall–Kier alpha value is -2.16. The maximum absolute atomic E-state index is 12.4. The number of thiazole rings is 1. The van der Waals surface area contributed by atoms with Crippen LogP contribution in [0.1, 0.15) is 0 Å². The molecule has 0 spiro atoms. The van der Waals surface area contributed by atoms with Crippen LogP contribution in [0.2, 0.25) is 5.02 Å². The van der Waals surface area contributed by atoms with Gasteiger partial charge in [0, 0.05) is 29.5 Å². The fourth-order valence-corrected chi connectivity index (χ4v) is 4.48. The van der Waals surface area contributed by atoms with E-state index in [2.05, 4.69) is 15.8 Å². The highest BCUT2D eigenvalue weighted by molar-refractivity contribution is 7.98. The van der Waals surface area contributed by atoms with Crippen molar-refractivity contribution in [3.8, 4) is 17.2 Å². The van der Waals surface area contributed by atoms with E-state index >= 15 is 0 Å². The predicted molar refractivity (Wildman–Crippen MR) is 117 cm³/mol. The van der Waals surface area contributed by atoms with Crippen LogP contribution in [-0.2, 0) is 11.3 Å². The predicted octanol–water partition coefficient (Wildman–Crippen LogP) is 4.00. The molecule has 0 saturated heterocycles. The molecule has 2 aromatic carbocycles. The van der Waals surface area contributed by atoms with Crippen LogP contribution in [0, 0.1) is 0 Å². The molecule has 6 nitrogen and oxygen atoms in total. The Kier molecular flexibility index (Phi) is 6.32. The highest BCUT2D eigenvalue weighted by Gasteiger charge is 2.17. The third-order valence-electron chi connectivity index (χ3n) is 4.26. The summed E-state index contributed by atoms with van der Waals surface area (Å²) in [6, 6.07) is 10.8. The number of rotatable bonds is 6. The molecule has 1 aromatic heterocycles. The third-order valence-corrected chi connectivity index (χ3v) is 6.15. The summed E-state index contributed by atoms with van der Waals surface area (Å²) in [4.78, 5) is 17.4. The summed E-state index contributed by atoms with van der Waals surface area (Å²) in [6.07, 6.45) is 2.05. The number of fused-ring (bicyclic) bond motifs is 2. The van der Waals surface area contributed by atoms with E-state index in [1.807, 2.05) is 12.1 Å². The molecule has 0 bridgehead atoms. The summed E-state index contributed by atoms with van der Waals surface area (Å²) >= 11 is 9.06. The van der Waals surface area contributed by atoms with Crippen molar-refractivity contribution in [2.75, 3.05) is 31.8 Å². The van der Waals surface area contributed by atoms with Crippen LogP contribution < -0.4 is 19.0 Å². The van der Waals surface area contributed by atoms with Crippen molar-refractivity contribution in [2.24, 2.45) is 4.99 Å². The van der Waals surface area contributed by atoms with Crippen molar-refractivity contribution in [3.05, 3.63) is 46.2 Å². The quantitative estimate of drug-likeness (QED) is 0.568. The molecule has 1 aliphatic heterocycles. The lowest BCUT2D eigenvalue weighted by Gasteiger charge is -2.18. The van der Waals surface area contributed by atoms with E-state index in [0.29, 0.717) is 28.8 Å². The van der Waals surface area contributed by atoms with E-state index in [1.165, 1.54) is 11.3 Å². The molecule has 0 aliphatic carbocycles. The van der Waals surface area contributed by atoms with Crippen LogP contribution in [0.15, 0.2) is 41.4 Å². The number of carbonyl (C=O) groups excluding carboxylic acids is 1. The van der Waals surface area contributed by atoms with Crippen LogP contribution in [0.4, 0.5) is 0 Å². The van der Waals surface area contributed by atoms with E-state index in [0.717, 1.165) is 34.0 Å². The number of benzene rings is 2. The largest absolute Gasteiger partial charge is 0.486 e. The van der Waals surface area contributed by atoms with Gasteiger partial charge in [-0.25, -0.2) is 0 Å². The SMILES string of the molecule is CSCCn1c(=NC(=O)COc2ccc(Cl)cc2)sc2cc3c(cc21)OCCO3. The summed E-state index contributed by atoms with van der Waals surface area (Å²) in [7, 11) is 0. The monoisotopic (exact) mass is 450 g/mol. The van der Waals surface area contributed by atoms with Gasteiger partial charge in [0.25, 0.3) is 5.91 Å². The van der Waals surface area contributed by atoms with Gasteiger partial charge in [-0.05, 0) is 30.5 Å². The highest BCUT2D eigenvalue weighted by Crippen LogP contribution is 2.35. The second kappa shape index (κ2) is 9.11. The van der Waals surface area contributed by atoms with Crippen molar-refractivity contribution in [3.63, 3.8) is 0 Å². The van der Waals surface area contributed by atoms with Crippen LogP contribution in [-0.4, -0.2) is 42.3 Å². The van der Waals surface area contributed by atoms with Crippen molar-refractivity contribution in [2.45, 2.75) is 6.54 Å². The van der Waals surface area contributed by atoms with Crippen molar-refractivity contribution < 1.29 is 19.0 Å². The lowest BCUT2D eigenvalue weighted by atomic mass is 10.2. The number of ether oxygens (including phenoxy) is 3. The van der Waals surface area contributed by atoms with Gasteiger partial charge in [0.2, 0.25) is 0 Å². The average Bonchev–Trinajstić information content (AvgIpc) is 3.05.